The van der Waals surface area contributed by atoms with Crippen LogP contribution in [-0.2, 0) is 4.74 Å². The molecular weight excluding hydrogens is 218 g/mol. The molecule has 0 aromatic rings. The van der Waals surface area contributed by atoms with Crippen LogP contribution < -0.4 is 5.32 Å². The summed E-state index contributed by atoms with van der Waals surface area (Å²) in [4.78, 5) is 11.5. The molecule has 0 spiro atoms. The van der Waals surface area contributed by atoms with Gasteiger partial charge in [0.05, 0.1) is 5.54 Å². The van der Waals surface area contributed by atoms with Gasteiger partial charge in [-0.05, 0) is 48.5 Å². The molecule has 0 aliphatic carbocycles. The molecule has 4 heteroatoms. The Bertz CT molecular complexity index is 334. The Morgan fingerprint density at radius 3 is 1.88 bits per heavy atom. The van der Waals surface area contributed by atoms with E-state index in [1.54, 1.807) is 48.5 Å². The first-order valence-electron chi connectivity index (χ1n) is 5.59. The average molecular weight is 241 g/mol. The van der Waals surface area contributed by atoms with Gasteiger partial charge >= 0.3 is 6.09 Å². The number of ether oxygens (including phenoxy) is 1. The zero-order chi connectivity index (χ0) is 13.9. The summed E-state index contributed by atoms with van der Waals surface area (Å²) < 4.78 is 5.13. The second-order valence-electron chi connectivity index (χ2n) is 6.06. The number of alkyl carbamates (subject to hydrolysis) is 1. The minimum absolute atomic E-state index is 0.521. The minimum Gasteiger partial charge on any atom is -0.444 e. The lowest BCUT2D eigenvalue weighted by molar-refractivity contribution is 0.0493. The molecule has 98 valence electrons. The smallest absolute Gasteiger partial charge is 0.408 e. The van der Waals surface area contributed by atoms with Crippen molar-refractivity contribution in [1.82, 2.24) is 5.32 Å². The Hall–Kier alpha value is -1.21. The molecule has 4 nitrogen and oxygen atoms in total. The van der Waals surface area contributed by atoms with Crippen LogP contribution in [0.3, 0.4) is 0 Å². The molecule has 0 aliphatic rings. The van der Waals surface area contributed by atoms with E-state index in [1.165, 1.54) is 0 Å². The second kappa shape index (κ2) is 4.97. The highest BCUT2D eigenvalue weighted by Crippen LogP contribution is 2.09. The van der Waals surface area contributed by atoms with E-state index in [0.29, 0.717) is 0 Å². The quantitative estimate of drug-likeness (QED) is 0.691. The third-order valence-electron chi connectivity index (χ3n) is 1.49. The molecule has 0 saturated heterocycles. The first-order chi connectivity index (χ1) is 7.31. The molecule has 0 aromatic heterocycles. The van der Waals surface area contributed by atoms with Crippen molar-refractivity contribution in [2.24, 2.45) is 0 Å². The van der Waals surface area contributed by atoms with E-state index in [9.17, 15) is 9.90 Å². The van der Waals surface area contributed by atoms with Crippen LogP contribution >= 0.6 is 0 Å². The van der Waals surface area contributed by atoms with Gasteiger partial charge in [0, 0.05) is 0 Å². The van der Waals surface area contributed by atoms with Crippen LogP contribution in [0.1, 0.15) is 48.5 Å². The van der Waals surface area contributed by atoms with Crippen molar-refractivity contribution in [3.05, 3.63) is 0 Å². The number of amides is 1. The van der Waals surface area contributed by atoms with Crippen molar-refractivity contribution in [1.29, 1.82) is 0 Å². The molecule has 0 heterocycles. The van der Waals surface area contributed by atoms with Crippen LogP contribution in [0, 0.1) is 11.8 Å². The molecule has 1 amide bonds. The van der Waals surface area contributed by atoms with Gasteiger partial charge in [0.25, 0.3) is 0 Å². The topological polar surface area (TPSA) is 58.6 Å². The SMILES string of the molecule is CC(C)(O)C#CC(C)(C)NC(=O)OC(C)(C)C. The fourth-order valence-corrected chi connectivity index (χ4v) is 0.899. The van der Waals surface area contributed by atoms with Gasteiger partial charge in [-0.2, -0.15) is 0 Å². The maximum absolute atomic E-state index is 11.5. The second-order valence-corrected chi connectivity index (χ2v) is 6.06. The van der Waals surface area contributed by atoms with Crippen LogP contribution in [0.4, 0.5) is 4.79 Å². The average Bonchev–Trinajstić information content (AvgIpc) is 1.94. The summed E-state index contributed by atoms with van der Waals surface area (Å²) >= 11 is 0. The summed E-state index contributed by atoms with van der Waals surface area (Å²) in [7, 11) is 0. The van der Waals surface area contributed by atoms with Crippen LogP contribution in [0.25, 0.3) is 0 Å². The molecule has 0 unspecified atom stereocenters. The molecule has 0 bridgehead atoms. The van der Waals surface area contributed by atoms with Crippen molar-refractivity contribution in [2.45, 2.75) is 65.2 Å². The molecule has 0 radical (unpaired) electrons. The van der Waals surface area contributed by atoms with E-state index >= 15 is 0 Å². The van der Waals surface area contributed by atoms with Gasteiger partial charge in [-0.1, -0.05) is 11.8 Å². The molecule has 0 aromatic carbocycles. The maximum Gasteiger partial charge on any atom is 0.408 e. The molecular formula is C13H23NO3. The van der Waals surface area contributed by atoms with E-state index in [-0.39, 0.29) is 0 Å². The lowest BCUT2D eigenvalue weighted by atomic mass is 10.0. The van der Waals surface area contributed by atoms with Gasteiger partial charge in [-0.3, -0.25) is 0 Å². The van der Waals surface area contributed by atoms with Crippen LogP contribution in [0.15, 0.2) is 0 Å². The van der Waals surface area contributed by atoms with Crippen molar-refractivity contribution in [3.8, 4) is 11.8 Å². The van der Waals surface area contributed by atoms with E-state index in [4.69, 9.17) is 4.74 Å². The zero-order valence-electron chi connectivity index (χ0n) is 11.8. The molecule has 0 atom stereocenters. The Kier molecular flexibility index (Phi) is 4.62. The van der Waals surface area contributed by atoms with Crippen LogP contribution in [-0.4, -0.2) is 27.9 Å². The number of aliphatic hydroxyl groups is 1. The van der Waals surface area contributed by atoms with Crippen LogP contribution in [0.5, 0.6) is 0 Å². The molecule has 0 saturated carbocycles. The lowest BCUT2D eigenvalue weighted by Gasteiger charge is -2.25. The van der Waals surface area contributed by atoms with Crippen LogP contribution in [0.2, 0.25) is 0 Å². The molecule has 0 fully saturated rings. The van der Waals surface area contributed by atoms with Crippen molar-refractivity contribution in [2.75, 3.05) is 0 Å². The van der Waals surface area contributed by atoms with E-state index < -0.39 is 22.8 Å². The fraction of sp³-hybridized carbons (Fsp3) is 0.769. The fourth-order valence-electron chi connectivity index (χ4n) is 0.899. The first-order valence-corrected chi connectivity index (χ1v) is 5.59. The maximum atomic E-state index is 11.5. The van der Waals surface area contributed by atoms with E-state index in [2.05, 4.69) is 17.2 Å². The number of carbonyl (C=O) groups excluding carboxylic acids is 1. The Morgan fingerprint density at radius 1 is 1.06 bits per heavy atom. The zero-order valence-corrected chi connectivity index (χ0v) is 11.8. The summed E-state index contributed by atoms with van der Waals surface area (Å²) in [6.07, 6.45) is -0.521. The number of carbonyl (C=O) groups is 1. The van der Waals surface area contributed by atoms with Crippen molar-refractivity contribution < 1.29 is 14.6 Å². The van der Waals surface area contributed by atoms with Gasteiger partial charge < -0.3 is 15.2 Å². The van der Waals surface area contributed by atoms with Gasteiger partial charge in [0.1, 0.15) is 11.2 Å². The van der Waals surface area contributed by atoms with Crippen molar-refractivity contribution in [3.63, 3.8) is 0 Å². The van der Waals surface area contributed by atoms with Gasteiger partial charge in [0.2, 0.25) is 0 Å². The lowest BCUT2D eigenvalue weighted by Crippen LogP contribution is -2.45. The predicted octanol–water partition coefficient (Wildman–Crippen LogP) is 2.06. The Morgan fingerprint density at radius 2 is 1.53 bits per heavy atom. The highest BCUT2D eigenvalue weighted by Gasteiger charge is 2.23. The first kappa shape index (κ1) is 15.8. The Balaban J connectivity index is 4.55. The molecule has 0 aliphatic heterocycles. The summed E-state index contributed by atoms with van der Waals surface area (Å²) in [6.45, 7) is 12.0. The minimum atomic E-state index is -1.08. The highest BCUT2D eigenvalue weighted by atomic mass is 16.6. The summed E-state index contributed by atoms with van der Waals surface area (Å²) in [6, 6.07) is 0. The number of hydrogen-bond acceptors (Lipinski definition) is 3. The number of rotatable bonds is 1. The van der Waals surface area contributed by atoms with Gasteiger partial charge in [-0.25, -0.2) is 4.79 Å². The third-order valence-corrected chi connectivity index (χ3v) is 1.49. The molecule has 0 rings (SSSR count). The molecule has 2 N–H and O–H groups in total. The van der Waals surface area contributed by atoms with Crippen molar-refractivity contribution >= 4 is 6.09 Å². The standard InChI is InChI=1S/C13H23NO3/c1-11(2,3)17-10(15)14-12(4,5)8-9-13(6,7)16/h16H,1-7H3,(H,14,15). The normalized spacial score (nSPS) is 12.5. The monoisotopic (exact) mass is 241 g/mol. The van der Waals surface area contributed by atoms with Gasteiger partial charge in [0.15, 0.2) is 0 Å². The van der Waals surface area contributed by atoms with Gasteiger partial charge in [-0.15, -0.1) is 0 Å². The summed E-state index contributed by atoms with van der Waals surface area (Å²) in [5, 5.41) is 12.1. The number of nitrogens with one attached hydrogen (secondary N) is 1. The summed E-state index contributed by atoms with van der Waals surface area (Å²) in [5.41, 5.74) is -2.36. The molecule has 17 heavy (non-hydrogen) atoms. The summed E-state index contributed by atoms with van der Waals surface area (Å²) in [5.74, 6) is 5.47. The van der Waals surface area contributed by atoms with E-state index in [1.807, 2.05) is 0 Å². The third kappa shape index (κ3) is 9.70. The largest absolute Gasteiger partial charge is 0.444 e. The highest BCUT2D eigenvalue weighted by molar-refractivity contribution is 5.69. The predicted molar refractivity (Wildman–Crippen MR) is 67.5 cm³/mol. The number of hydrogen-bond donors (Lipinski definition) is 2. The Labute approximate surface area is 104 Å². The van der Waals surface area contributed by atoms with E-state index in [0.717, 1.165) is 0 Å².